The molecule has 0 aliphatic heterocycles. The third-order valence-corrected chi connectivity index (χ3v) is 4.19. The average Bonchev–Trinajstić information content (AvgIpc) is 2.71. The minimum absolute atomic E-state index is 0.356. The van der Waals surface area contributed by atoms with Gasteiger partial charge in [-0.3, -0.25) is 4.79 Å². The number of hydrogen-bond donors (Lipinski definition) is 1. The van der Waals surface area contributed by atoms with Crippen molar-refractivity contribution in [2.45, 2.75) is 45.1 Å². The highest BCUT2D eigenvalue weighted by Crippen LogP contribution is 2.34. The number of primary amides is 1. The highest BCUT2D eigenvalue weighted by atomic mass is 16.1. The molecule has 0 aromatic carbocycles. The number of carbonyl (C=O) groups is 1. The molecule has 2 aromatic rings. The first kappa shape index (κ1) is 12.2. The largest absolute Gasteiger partial charge is 0.366 e. The Balaban J connectivity index is 2.23. The van der Waals surface area contributed by atoms with Gasteiger partial charge >= 0.3 is 0 Å². The summed E-state index contributed by atoms with van der Waals surface area (Å²) in [6.07, 6.45) is 7.93. The standard InChI is InChI=1S/C15H19N3O/c1-10-13(14(16)19)12-8-5-9-17-15(12)18(10)11-6-3-2-4-7-11/h5,8-9,11H,2-4,6-7H2,1H3,(H2,16,19). The lowest BCUT2D eigenvalue weighted by Gasteiger charge is -2.25. The monoisotopic (exact) mass is 257 g/mol. The normalized spacial score (nSPS) is 16.9. The molecule has 1 fully saturated rings. The van der Waals surface area contributed by atoms with Crippen LogP contribution in [-0.4, -0.2) is 15.5 Å². The number of rotatable bonds is 2. The van der Waals surface area contributed by atoms with Gasteiger partial charge in [-0.15, -0.1) is 0 Å². The van der Waals surface area contributed by atoms with Crippen LogP contribution in [0.25, 0.3) is 11.0 Å². The lowest BCUT2D eigenvalue weighted by molar-refractivity contribution is 0.100. The number of fused-ring (bicyclic) bond motifs is 1. The van der Waals surface area contributed by atoms with Gasteiger partial charge in [-0.1, -0.05) is 19.3 Å². The zero-order chi connectivity index (χ0) is 13.4. The van der Waals surface area contributed by atoms with E-state index in [2.05, 4.69) is 9.55 Å². The molecule has 1 aliphatic rings. The fraction of sp³-hybridized carbons (Fsp3) is 0.467. The van der Waals surface area contributed by atoms with Crippen molar-refractivity contribution in [3.63, 3.8) is 0 Å². The van der Waals surface area contributed by atoms with Crippen LogP contribution in [0.1, 0.15) is 54.2 Å². The first-order valence-electron chi connectivity index (χ1n) is 6.95. The van der Waals surface area contributed by atoms with Crippen LogP contribution < -0.4 is 5.73 Å². The Kier molecular flexibility index (Phi) is 3.01. The molecule has 1 aliphatic carbocycles. The van der Waals surface area contributed by atoms with Gasteiger partial charge in [0.1, 0.15) is 5.65 Å². The van der Waals surface area contributed by atoms with E-state index >= 15 is 0 Å². The summed E-state index contributed by atoms with van der Waals surface area (Å²) in [5.74, 6) is -0.356. The molecule has 2 heterocycles. The van der Waals surface area contributed by atoms with Crippen molar-refractivity contribution in [2.75, 3.05) is 0 Å². The lowest BCUT2D eigenvalue weighted by Crippen LogP contribution is -2.16. The number of nitrogens with two attached hydrogens (primary N) is 1. The summed E-state index contributed by atoms with van der Waals surface area (Å²) in [6, 6.07) is 4.26. The van der Waals surface area contributed by atoms with Gasteiger partial charge in [0, 0.05) is 23.3 Å². The molecule has 0 radical (unpaired) electrons. The van der Waals surface area contributed by atoms with Gasteiger partial charge in [0.15, 0.2) is 0 Å². The van der Waals surface area contributed by atoms with Crippen molar-refractivity contribution < 1.29 is 4.79 Å². The Morgan fingerprint density at radius 3 is 2.79 bits per heavy atom. The molecule has 0 saturated heterocycles. The molecule has 4 nitrogen and oxygen atoms in total. The van der Waals surface area contributed by atoms with Crippen molar-refractivity contribution in [3.8, 4) is 0 Å². The lowest BCUT2D eigenvalue weighted by atomic mass is 9.95. The molecule has 19 heavy (non-hydrogen) atoms. The highest BCUT2D eigenvalue weighted by Gasteiger charge is 2.24. The number of carbonyl (C=O) groups excluding carboxylic acids is 1. The molecular formula is C15H19N3O. The van der Waals surface area contributed by atoms with Crippen LogP contribution >= 0.6 is 0 Å². The van der Waals surface area contributed by atoms with Gasteiger partial charge in [-0.25, -0.2) is 4.98 Å². The van der Waals surface area contributed by atoms with E-state index in [9.17, 15) is 4.79 Å². The Morgan fingerprint density at radius 1 is 1.37 bits per heavy atom. The molecular weight excluding hydrogens is 238 g/mol. The van der Waals surface area contributed by atoms with Crippen LogP contribution in [0.5, 0.6) is 0 Å². The minimum Gasteiger partial charge on any atom is -0.366 e. The van der Waals surface area contributed by atoms with Crippen molar-refractivity contribution in [1.29, 1.82) is 0 Å². The van der Waals surface area contributed by atoms with Crippen LogP contribution in [0, 0.1) is 6.92 Å². The summed E-state index contributed by atoms with van der Waals surface area (Å²) in [5, 5.41) is 0.887. The zero-order valence-electron chi connectivity index (χ0n) is 11.2. The van der Waals surface area contributed by atoms with Gasteiger partial charge in [0.05, 0.1) is 5.56 Å². The van der Waals surface area contributed by atoms with E-state index in [1.807, 2.05) is 19.1 Å². The Labute approximate surface area is 112 Å². The first-order valence-corrected chi connectivity index (χ1v) is 6.95. The molecule has 0 unspecified atom stereocenters. The molecule has 1 saturated carbocycles. The maximum Gasteiger partial charge on any atom is 0.251 e. The SMILES string of the molecule is Cc1c(C(N)=O)c2cccnc2n1C1CCCCC1. The molecule has 4 heteroatoms. The zero-order valence-corrected chi connectivity index (χ0v) is 11.2. The van der Waals surface area contributed by atoms with Gasteiger partial charge < -0.3 is 10.3 Å². The van der Waals surface area contributed by atoms with Crippen molar-refractivity contribution in [1.82, 2.24) is 9.55 Å². The summed E-state index contributed by atoms with van der Waals surface area (Å²) in [7, 11) is 0. The molecule has 100 valence electrons. The van der Waals surface area contributed by atoms with Crippen LogP contribution in [0.2, 0.25) is 0 Å². The Morgan fingerprint density at radius 2 is 2.11 bits per heavy atom. The predicted octanol–water partition coefficient (Wildman–Crippen LogP) is 2.95. The number of hydrogen-bond acceptors (Lipinski definition) is 2. The van der Waals surface area contributed by atoms with E-state index in [-0.39, 0.29) is 5.91 Å². The molecule has 0 spiro atoms. The summed E-state index contributed by atoms with van der Waals surface area (Å²) in [5.41, 5.74) is 8.05. The van der Waals surface area contributed by atoms with Gasteiger partial charge in [-0.2, -0.15) is 0 Å². The molecule has 0 atom stereocenters. The van der Waals surface area contributed by atoms with Gasteiger partial charge in [0.25, 0.3) is 5.91 Å². The summed E-state index contributed by atoms with van der Waals surface area (Å²) in [6.45, 7) is 1.98. The maximum atomic E-state index is 11.7. The maximum absolute atomic E-state index is 11.7. The minimum atomic E-state index is -0.356. The van der Waals surface area contributed by atoms with Crippen molar-refractivity contribution in [2.24, 2.45) is 5.73 Å². The third-order valence-electron chi connectivity index (χ3n) is 4.19. The van der Waals surface area contributed by atoms with Crippen LogP contribution in [0.15, 0.2) is 18.3 Å². The number of pyridine rings is 1. The fourth-order valence-electron chi connectivity index (χ4n) is 3.36. The van der Waals surface area contributed by atoms with E-state index < -0.39 is 0 Å². The molecule has 2 aromatic heterocycles. The smallest absolute Gasteiger partial charge is 0.251 e. The number of amides is 1. The Bertz CT molecular complexity index is 624. The summed E-state index contributed by atoms with van der Waals surface area (Å²) >= 11 is 0. The van der Waals surface area contributed by atoms with Crippen LogP contribution in [0.3, 0.4) is 0 Å². The van der Waals surface area contributed by atoms with Crippen LogP contribution in [0.4, 0.5) is 0 Å². The highest BCUT2D eigenvalue weighted by molar-refractivity contribution is 6.06. The van der Waals surface area contributed by atoms with Gasteiger partial charge in [-0.05, 0) is 31.9 Å². The molecule has 0 bridgehead atoms. The van der Waals surface area contributed by atoms with E-state index in [0.717, 1.165) is 16.7 Å². The first-order chi connectivity index (χ1) is 9.20. The number of aromatic nitrogens is 2. The van der Waals surface area contributed by atoms with E-state index in [1.54, 1.807) is 6.20 Å². The second kappa shape index (κ2) is 4.68. The van der Waals surface area contributed by atoms with Gasteiger partial charge in [0.2, 0.25) is 0 Å². The van der Waals surface area contributed by atoms with Crippen molar-refractivity contribution >= 4 is 16.9 Å². The molecule has 2 N–H and O–H groups in total. The van der Waals surface area contributed by atoms with E-state index in [0.29, 0.717) is 11.6 Å². The third kappa shape index (κ3) is 1.91. The quantitative estimate of drug-likeness (QED) is 0.899. The molecule has 3 rings (SSSR count). The molecule has 1 amide bonds. The van der Waals surface area contributed by atoms with E-state index in [4.69, 9.17) is 5.73 Å². The van der Waals surface area contributed by atoms with Crippen LogP contribution in [-0.2, 0) is 0 Å². The summed E-state index contributed by atoms with van der Waals surface area (Å²) in [4.78, 5) is 16.2. The second-order valence-electron chi connectivity index (χ2n) is 5.36. The number of nitrogens with zero attached hydrogens (tertiary/aromatic N) is 2. The van der Waals surface area contributed by atoms with E-state index in [1.165, 1.54) is 32.1 Å². The fourth-order valence-corrected chi connectivity index (χ4v) is 3.36. The second-order valence-corrected chi connectivity index (χ2v) is 5.36. The Hall–Kier alpha value is -1.84. The van der Waals surface area contributed by atoms with Crippen molar-refractivity contribution in [3.05, 3.63) is 29.6 Å². The topological polar surface area (TPSA) is 60.9 Å². The summed E-state index contributed by atoms with van der Waals surface area (Å²) < 4.78 is 2.23. The predicted molar refractivity (Wildman–Crippen MR) is 75.1 cm³/mol. The average molecular weight is 257 g/mol.